The lowest BCUT2D eigenvalue weighted by atomic mass is 10.2. The van der Waals surface area contributed by atoms with E-state index in [1.54, 1.807) is 12.1 Å². The van der Waals surface area contributed by atoms with Gasteiger partial charge in [0.2, 0.25) is 0 Å². The summed E-state index contributed by atoms with van der Waals surface area (Å²) < 4.78 is 18.3. The van der Waals surface area contributed by atoms with E-state index < -0.39 is 0 Å². The van der Waals surface area contributed by atoms with E-state index in [2.05, 4.69) is 22.5 Å². The molecular weight excluding hydrogens is 235 g/mol. The molecule has 1 rings (SSSR count). The Morgan fingerprint density at radius 1 is 1.54 bits per heavy atom. The Morgan fingerprint density at radius 2 is 2.31 bits per heavy atom. The number of benzene rings is 1. The molecule has 13 heavy (non-hydrogen) atoms. The molecule has 0 atom stereocenters. The minimum atomic E-state index is -0.334. The van der Waals surface area contributed by atoms with Crippen LogP contribution in [0.5, 0.6) is 5.75 Å². The third kappa shape index (κ3) is 2.84. The Kier molecular flexibility index (Phi) is 3.96. The lowest BCUT2D eigenvalue weighted by molar-refractivity contribution is 0.342. The monoisotopic (exact) mass is 244 g/mol. The minimum absolute atomic E-state index is 0.268. The summed E-state index contributed by atoms with van der Waals surface area (Å²) in [7, 11) is 0. The first kappa shape index (κ1) is 10.3. The summed E-state index contributed by atoms with van der Waals surface area (Å²) in [5, 5.41) is 0.645. The Hall–Kier alpha value is -0.830. The molecule has 0 aliphatic carbocycles. The number of rotatable bonds is 4. The molecule has 0 amide bonds. The molecule has 0 saturated carbocycles. The standard InChI is InChI=1S/C10H10BrFO/c1-2-5-13-10-4-3-8(7-11)6-9(10)12/h2-4,6H,1,5,7H2. The highest BCUT2D eigenvalue weighted by molar-refractivity contribution is 9.08. The number of halogens is 2. The fraction of sp³-hybridized carbons (Fsp3) is 0.200. The smallest absolute Gasteiger partial charge is 0.165 e. The maximum atomic E-state index is 13.2. The van der Waals surface area contributed by atoms with E-state index in [0.29, 0.717) is 11.9 Å². The molecule has 1 nitrogen and oxygen atoms in total. The second-order valence-corrected chi connectivity index (χ2v) is 3.06. The predicted octanol–water partition coefficient (Wildman–Crippen LogP) is 3.29. The van der Waals surface area contributed by atoms with Gasteiger partial charge >= 0.3 is 0 Å². The van der Waals surface area contributed by atoms with Gasteiger partial charge in [-0.05, 0) is 17.7 Å². The molecule has 0 heterocycles. The molecule has 0 fully saturated rings. The van der Waals surface area contributed by atoms with Crippen LogP contribution in [0.3, 0.4) is 0 Å². The summed E-state index contributed by atoms with van der Waals surface area (Å²) in [4.78, 5) is 0. The molecule has 0 radical (unpaired) electrons. The summed E-state index contributed by atoms with van der Waals surface area (Å²) in [5.41, 5.74) is 0.892. The fourth-order valence-corrected chi connectivity index (χ4v) is 1.24. The molecule has 70 valence electrons. The highest BCUT2D eigenvalue weighted by atomic mass is 79.9. The van der Waals surface area contributed by atoms with E-state index in [-0.39, 0.29) is 11.6 Å². The largest absolute Gasteiger partial charge is 0.486 e. The molecule has 0 aromatic heterocycles. The number of hydrogen-bond acceptors (Lipinski definition) is 1. The van der Waals surface area contributed by atoms with Crippen molar-refractivity contribution < 1.29 is 9.13 Å². The molecule has 0 bridgehead atoms. The molecule has 0 unspecified atom stereocenters. The Bertz CT molecular complexity index is 299. The van der Waals surface area contributed by atoms with Crippen molar-refractivity contribution in [1.82, 2.24) is 0 Å². The van der Waals surface area contributed by atoms with Gasteiger partial charge in [-0.1, -0.05) is 34.7 Å². The summed E-state index contributed by atoms with van der Waals surface area (Å²) in [6.45, 7) is 3.81. The van der Waals surface area contributed by atoms with Crippen molar-refractivity contribution in [3.63, 3.8) is 0 Å². The number of hydrogen-bond donors (Lipinski definition) is 0. The molecule has 0 saturated heterocycles. The zero-order valence-electron chi connectivity index (χ0n) is 7.09. The molecular formula is C10H10BrFO. The van der Waals surface area contributed by atoms with Crippen LogP contribution in [0.15, 0.2) is 30.9 Å². The van der Waals surface area contributed by atoms with Crippen LogP contribution in [0.2, 0.25) is 0 Å². The van der Waals surface area contributed by atoms with Crippen LogP contribution in [-0.2, 0) is 5.33 Å². The lowest BCUT2D eigenvalue weighted by Gasteiger charge is -2.05. The molecule has 0 spiro atoms. The fourth-order valence-electron chi connectivity index (χ4n) is 0.893. The van der Waals surface area contributed by atoms with Crippen molar-refractivity contribution in [2.45, 2.75) is 5.33 Å². The van der Waals surface area contributed by atoms with Crippen molar-refractivity contribution in [2.75, 3.05) is 6.61 Å². The Balaban J connectivity index is 2.78. The van der Waals surface area contributed by atoms with Crippen molar-refractivity contribution in [3.05, 3.63) is 42.2 Å². The summed E-state index contributed by atoms with van der Waals surface area (Å²) in [5.74, 6) is -0.0663. The van der Waals surface area contributed by atoms with Crippen LogP contribution in [0.1, 0.15) is 5.56 Å². The second kappa shape index (κ2) is 5.02. The highest BCUT2D eigenvalue weighted by Crippen LogP contribution is 2.19. The first-order chi connectivity index (χ1) is 6.27. The molecule has 3 heteroatoms. The average Bonchev–Trinajstić information content (AvgIpc) is 2.16. The number of alkyl halides is 1. The Morgan fingerprint density at radius 3 is 2.85 bits per heavy atom. The maximum absolute atomic E-state index is 13.2. The minimum Gasteiger partial charge on any atom is -0.486 e. The van der Waals surface area contributed by atoms with E-state index >= 15 is 0 Å². The van der Waals surface area contributed by atoms with Gasteiger partial charge in [0.15, 0.2) is 11.6 Å². The van der Waals surface area contributed by atoms with Crippen LogP contribution in [0.4, 0.5) is 4.39 Å². The number of ether oxygens (including phenoxy) is 1. The quantitative estimate of drug-likeness (QED) is 0.584. The van der Waals surface area contributed by atoms with Gasteiger partial charge in [-0.3, -0.25) is 0 Å². The molecule has 0 aliphatic rings. The van der Waals surface area contributed by atoms with Gasteiger partial charge < -0.3 is 4.74 Å². The topological polar surface area (TPSA) is 9.23 Å². The normalized spacial score (nSPS) is 9.69. The van der Waals surface area contributed by atoms with E-state index in [0.717, 1.165) is 5.56 Å². The van der Waals surface area contributed by atoms with Crippen molar-refractivity contribution in [3.8, 4) is 5.75 Å². The molecule has 0 N–H and O–H groups in total. The van der Waals surface area contributed by atoms with E-state index in [4.69, 9.17) is 4.74 Å². The molecule has 1 aromatic rings. The van der Waals surface area contributed by atoms with Crippen molar-refractivity contribution in [2.24, 2.45) is 0 Å². The van der Waals surface area contributed by atoms with Gasteiger partial charge in [0, 0.05) is 5.33 Å². The highest BCUT2D eigenvalue weighted by Gasteiger charge is 2.02. The lowest BCUT2D eigenvalue weighted by Crippen LogP contribution is -1.95. The zero-order valence-corrected chi connectivity index (χ0v) is 8.68. The average molecular weight is 245 g/mol. The zero-order chi connectivity index (χ0) is 9.68. The third-order valence-electron chi connectivity index (χ3n) is 1.51. The third-order valence-corrected chi connectivity index (χ3v) is 2.15. The summed E-state index contributed by atoms with van der Waals surface area (Å²) >= 11 is 3.25. The van der Waals surface area contributed by atoms with Gasteiger partial charge in [0.1, 0.15) is 6.61 Å². The molecule has 0 aliphatic heterocycles. The maximum Gasteiger partial charge on any atom is 0.165 e. The van der Waals surface area contributed by atoms with Crippen molar-refractivity contribution in [1.29, 1.82) is 0 Å². The van der Waals surface area contributed by atoms with Crippen LogP contribution in [-0.4, -0.2) is 6.61 Å². The van der Waals surface area contributed by atoms with E-state index in [9.17, 15) is 4.39 Å². The second-order valence-electron chi connectivity index (χ2n) is 2.50. The summed E-state index contributed by atoms with van der Waals surface area (Å²) in [6, 6.07) is 4.89. The van der Waals surface area contributed by atoms with Gasteiger partial charge in [0.25, 0.3) is 0 Å². The van der Waals surface area contributed by atoms with Gasteiger partial charge in [-0.15, -0.1) is 0 Å². The van der Waals surface area contributed by atoms with Crippen LogP contribution >= 0.6 is 15.9 Å². The van der Waals surface area contributed by atoms with E-state index in [1.807, 2.05) is 6.07 Å². The van der Waals surface area contributed by atoms with Crippen LogP contribution < -0.4 is 4.74 Å². The van der Waals surface area contributed by atoms with Gasteiger partial charge in [0.05, 0.1) is 0 Å². The van der Waals surface area contributed by atoms with Gasteiger partial charge in [-0.25, -0.2) is 4.39 Å². The summed E-state index contributed by atoms with van der Waals surface area (Å²) in [6.07, 6.45) is 1.58. The van der Waals surface area contributed by atoms with Crippen molar-refractivity contribution >= 4 is 15.9 Å². The van der Waals surface area contributed by atoms with E-state index in [1.165, 1.54) is 6.07 Å². The van der Waals surface area contributed by atoms with Crippen LogP contribution in [0, 0.1) is 5.82 Å². The van der Waals surface area contributed by atoms with Crippen LogP contribution in [0.25, 0.3) is 0 Å². The first-order valence-electron chi connectivity index (χ1n) is 3.86. The Labute approximate surface area is 85.3 Å². The molecule has 1 aromatic carbocycles. The SMILES string of the molecule is C=CCOc1ccc(CBr)cc1F. The first-order valence-corrected chi connectivity index (χ1v) is 4.98. The predicted molar refractivity (Wildman–Crippen MR) is 54.7 cm³/mol. The van der Waals surface area contributed by atoms with Gasteiger partial charge in [-0.2, -0.15) is 0 Å².